The van der Waals surface area contributed by atoms with E-state index >= 15 is 0 Å². The van der Waals surface area contributed by atoms with E-state index in [1.165, 1.54) is 89.9 Å². The third-order valence-corrected chi connectivity index (χ3v) is 5.18. The van der Waals surface area contributed by atoms with Crippen LogP contribution in [0.2, 0.25) is 0 Å². The summed E-state index contributed by atoms with van der Waals surface area (Å²) in [4.78, 5) is 11.3. The number of hydrogen-bond acceptors (Lipinski definition) is 3. The molecule has 2 nitrogen and oxygen atoms in total. The van der Waals surface area contributed by atoms with Crippen LogP contribution in [0.1, 0.15) is 122 Å². The lowest BCUT2D eigenvalue weighted by Gasteiger charge is -2.02. The number of rotatable bonds is 21. The van der Waals surface area contributed by atoms with Crippen molar-refractivity contribution in [3.63, 3.8) is 0 Å². The molecule has 0 aromatic carbocycles. The zero-order valence-electron chi connectivity index (χ0n) is 18.1. The maximum Gasteiger partial charge on any atom is 0.305 e. The topological polar surface area (TPSA) is 26.3 Å². The predicted octanol–water partition coefficient (Wildman–Crippen LogP) is 8.06. The molecule has 0 fully saturated rings. The van der Waals surface area contributed by atoms with Gasteiger partial charge in [0.2, 0.25) is 0 Å². The number of thiol groups is 1. The van der Waals surface area contributed by atoms with Crippen molar-refractivity contribution in [2.45, 2.75) is 122 Å². The van der Waals surface area contributed by atoms with Gasteiger partial charge in [0.05, 0.1) is 0 Å². The number of carbonyl (C=O) groups excluding carboxylic acids is 1. The maximum atomic E-state index is 11.3. The first-order chi connectivity index (χ1) is 13.3. The Morgan fingerprint density at radius 2 is 1.15 bits per heavy atom. The summed E-state index contributed by atoms with van der Waals surface area (Å²) < 4.78 is 5.00. The van der Waals surface area contributed by atoms with Crippen molar-refractivity contribution in [3.8, 4) is 0 Å². The zero-order chi connectivity index (χ0) is 19.8. The summed E-state index contributed by atoms with van der Waals surface area (Å²) in [5, 5.41) is 0. The smallest absolute Gasteiger partial charge is 0.305 e. The van der Waals surface area contributed by atoms with Crippen molar-refractivity contribution >= 4 is 18.6 Å². The van der Waals surface area contributed by atoms with Gasteiger partial charge in [-0.1, -0.05) is 96.1 Å². The Hall–Kier alpha value is -0.440. The van der Waals surface area contributed by atoms with Gasteiger partial charge in [0.25, 0.3) is 0 Å². The molecule has 27 heavy (non-hydrogen) atoms. The highest BCUT2D eigenvalue weighted by Gasteiger charge is 2.00. The minimum absolute atomic E-state index is 0.0773. The molecular weight excluding hydrogens is 352 g/mol. The van der Waals surface area contributed by atoms with E-state index in [-0.39, 0.29) is 5.97 Å². The van der Waals surface area contributed by atoms with Gasteiger partial charge in [-0.3, -0.25) is 4.79 Å². The Balaban J connectivity index is 3.13. The zero-order valence-corrected chi connectivity index (χ0v) is 19.0. The molecule has 0 spiro atoms. The first kappa shape index (κ1) is 26.6. The fourth-order valence-corrected chi connectivity index (χ4v) is 3.37. The predicted molar refractivity (Wildman–Crippen MR) is 123 cm³/mol. The number of hydrogen-bond donors (Lipinski definition) is 1. The summed E-state index contributed by atoms with van der Waals surface area (Å²) in [5.41, 5.74) is 0. The molecule has 0 aromatic rings. The molecular formula is C24H46O2S. The van der Waals surface area contributed by atoms with Gasteiger partial charge in [0.15, 0.2) is 0 Å². The summed E-state index contributed by atoms with van der Waals surface area (Å²) in [7, 11) is 0. The lowest BCUT2D eigenvalue weighted by Crippen LogP contribution is -2.06. The summed E-state index contributed by atoms with van der Waals surface area (Å²) in [5.74, 6) is 0.530. The van der Waals surface area contributed by atoms with Crippen molar-refractivity contribution in [2.75, 3.05) is 12.4 Å². The van der Waals surface area contributed by atoms with Gasteiger partial charge in [0, 0.05) is 12.2 Å². The van der Waals surface area contributed by atoms with Gasteiger partial charge in [0.1, 0.15) is 6.61 Å². The van der Waals surface area contributed by atoms with Gasteiger partial charge in [-0.05, 0) is 32.1 Å². The fourth-order valence-electron chi connectivity index (χ4n) is 3.28. The van der Waals surface area contributed by atoms with Crippen molar-refractivity contribution in [1.29, 1.82) is 0 Å². The summed E-state index contributed by atoms with van der Waals surface area (Å²) >= 11 is 4.02. The number of unbranched alkanes of at least 4 members (excludes halogenated alkanes) is 15. The molecule has 0 aliphatic heterocycles. The first-order valence-corrected chi connectivity index (χ1v) is 12.4. The van der Waals surface area contributed by atoms with Crippen LogP contribution in [0.15, 0.2) is 12.2 Å². The Bertz CT molecular complexity index is 328. The highest BCUT2D eigenvalue weighted by molar-refractivity contribution is 7.80. The van der Waals surface area contributed by atoms with Crippen LogP contribution in [0.25, 0.3) is 0 Å². The minimum atomic E-state index is -0.0773. The molecule has 0 aromatic heterocycles. The highest BCUT2D eigenvalue weighted by Crippen LogP contribution is 2.13. The van der Waals surface area contributed by atoms with Gasteiger partial charge in [-0.15, -0.1) is 0 Å². The average molecular weight is 399 g/mol. The SMILES string of the molecule is CCCCCCCCCCCCCC/C=C/CCCCCC(=O)OCCS. The lowest BCUT2D eigenvalue weighted by atomic mass is 10.0. The number of esters is 1. The van der Waals surface area contributed by atoms with E-state index in [1.54, 1.807) is 0 Å². The third kappa shape index (κ3) is 23.5. The molecule has 0 atom stereocenters. The molecule has 0 radical (unpaired) electrons. The minimum Gasteiger partial charge on any atom is -0.465 e. The van der Waals surface area contributed by atoms with Gasteiger partial charge >= 0.3 is 5.97 Å². The van der Waals surface area contributed by atoms with Gasteiger partial charge in [-0.2, -0.15) is 12.6 Å². The molecule has 3 heteroatoms. The van der Waals surface area contributed by atoms with E-state index in [2.05, 4.69) is 31.7 Å². The molecule has 0 aliphatic carbocycles. The second kappa shape index (κ2) is 23.6. The molecule has 0 aliphatic rings. The fraction of sp³-hybridized carbons (Fsp3) is 0.875. The van der Waals surface area contributed by atoms with Crippen LogP contribution in [0.3, 0.4) is 0 Å². The number of carbonyl (C=O) groups is 1. The van der Waals surface area contributed by atoms with E-state index in [9.17, 15) is 4.79 Å². The lowest BCUT2D eigenvalue weighted by molar-refractivity contribution is -0.143. The van der Waals surface area contributed by atoms with Crippen molar-refractivity contribution in [1.82, 2.24) is 0 Å². The Morgan fingerprint density at radius 1 is 0.704 bits per heavy atom. The van der Waals surface area contributed by atoms with E-state index in [4.69, 9.17) is 4.74 Å². The van der Waals surface area contributed by atoms with Gasteiger partial charge in [-0.25, -0.2) is 0 Å². The van der Waals surface area contributed by atoms with Crippen LogP contribution >= 0.6 is 12.6 Å². The van der Waals surface area contributed by atoms with Crippen LogP contribution < -0.4 is 0 Å². The summed E-state index contributed by atoms with van der Waals surface area (Å²) in [6.07, 6.45) is 27.8. The van der Waals surface area contributed by atoms with Crippen LogP contribution in [0.5, 0.6) is 0 Å². The van der Waals surface area contributed by atoms with Crippen molar-refractivity contribution in [3.05, 3.63) is 12.2 Å². The Kier molecular flexibility index (Phi) is 23.2. The monoisotopic (exact) mass is 398 g/mol. The molecule has 0 N–H and O–H groups in total. The second-order valence-electron chi connectivity index (χ2n) is 7.69. The molecule has 0 amide bonds. The molecule has 0 rings (SSSR count). The van der Waals surface area contributed by atoms with Crippen LogP contribution in [-0.2, 0) is 9.53 Å². The summed E-state index contributed by atoms with van der Waals surface area (Å²) in [6, 6.07) is 0. The Morgan fingerprint density at radius 3 is 1.63 bits per heavy atom. The van der Waals surface area contributed by atoms with E-state index in [0.29, 0.717) is 18.8 Å². The molecule has 160 valence electrons. The Labute approximate surface area is 175 Å². The van der Waals surface area contributed by atoms with Crippen LogP contribution in [0.4, 0.5) is 0 Å². The number of ether oxygens (including phenoxy) is 1. The van der Waals surface area contributed by atoms with E-state index < -0.39 is 0 Å². The van der Waals surface area contributed by atoms with Crippen molar-refractivity contribution < 1.29 is 9.53 Å². The molecule has 0 saturated carbocycles. The third-order valence-electron chi connectivity index (χ3n) is 5.00. The molecule has 0 saturated heterocycles. The second-order valence-corrected chi connectivity index (χ2v) is 8.14. The number of allylic oxidation sites excluding steroid dienone is 2. The van der Waals surface area contributed by atoms with Crippen molar-refractivity contribution in [2.24, 2.45) is 0 Å². The molecule has 0 unspecified atom stereocenters. The van der Waals surface area contributed by atoms with Crippen LogP contribution in [0, 0.1) is 0 Å². The largest absolute Gasteiger partial charge is 0.465 e. The first-order valence-electron chi connectivity index (χ1n) is 11.7. The van der Waals surface area contributed by atoms with E-state index in [1.807, 2.05) is 0 Å². The highest BCUT2D eigenvalue weighted by atomic mass is 32.1. The molecule has 0 heterocycles. The maximum absolute atomic E-state index is 11.3. The quantitative estimate of drug-likeness (QED) is 0.0915. The average Bonchev–Trinajstić information content (AvgIpc) is 2.68. The van der Waals surface area contributed by atoms with Gasteiger partial charge < -0.3 is 4.74 Å². The van der Waals surface area contributed by atoms with Crippen LogP contribution in [-0.4, -0.2) is 18.3 Å². The standard InChI is InChI=1S/C24H46O2S/c1-2-3-4-5-6-7-8-9-10-11-12-13-14-15-16-17-18-19-20-21-24(25)26-22-23-27/h15-16,27H,2-14,17-23H2,1H3/b16-15+. The summed E-state index contributed by atoms with van der Waals surface area (Å²) in [6.45, 7) is 2.72. The molecule has 0 bridgehead atoms. The van der Waals surface area contributed by atoms with E-state index in [0.717, 1.165) is 19.3 Å². The normalized spacial score (nSPS) is 11.3.